The number of carbonyl (C=O) groups excluding carboxylic acids is 7. The smallest absolute Gasteiger partial charge is 0.396 e. The van der Waals surface area contributed by atoms with Gasteiger partial charge in [-0.25, -0.2) is 14.4 Å². The Morgan fingerprint density at radius 3 is 1.40 bits per heavy atom. The van der Waals surface area contributed by atoms with Gasteiger partial charge in [-0.05, 0) is 161 Å². The molecule has 10 rings (SSSR count). The van der Waals surface area contributed by atoms with Crippen LogP contribution in [0.3, 0.4) is 0 Å². The number of pyridine rings is 4. The molecule has 0 aromatic carbocycles. The number of hydrogen-bond donors (Lipinski definition) is 13. The minimum Gasteiger partial charge on any atom is -0.396 e. The van der Waals surface area contributed by atoms with Crippen molar-refractivity contribution in [3.63, 3.8) is 0 Å². The Balaban J connectivity index is -0.000000345. The predicted molar refractivity (Wildman–Crippen MR) is 518 cm³/mol. The molecular formula is C84H109BBr5ClFN21NaO19S. The third kappa shape index (κ3) is 50.2. The molecule has 0 spiro atoms. The summed E-state index contributed by atoms with van der Waals surface area (Å²) in [5.41, 5.74) is 7.80. The van der Waals surface area contributed by atoms with Crippen LogP contribution in [0.1, 0.15) is 146 Å². The number of nitrogens with two attached hydrogens (primary N) is 2. The van der Waals surface area contributed by atoms with Crippen molar-refractivity contribution in [2.45, 2.75) is 194 Å². The number of thiol groups is 1. The van der Waals surface area contributed by atoms with Crippen LogP contribution in [0, 0.1) is 76.6 Å². The topological polar surface area (TPSA) is 602 Å². The number of nitrogens with zero attached hydrogens (tertiary/aromatic N) is 17. The van der Waals surface area contributed by atoms with E-state index in [-0.39, 0.29) is 143 Å². The summed E-state index contributed by atoms with van der Waals surface area (Å²) in [6, 6.07) is 9.57. The zero-order valence-corrected chi connectivity index (χ0v) is 86.5. The van der Waals surface area contributed by atoms with Crippen molar-refractivity contribution in [2.75, 3.05) is 53.8 Å². The van der Waals surface area contributed by atoms with Gasteiger partial charge in [-0.3, -0.25) is 47.7 Å². The van der Waals surface area contributed by atoms with Gasteiger partial charge in [-0.2, -0.15) is 20.7 Å². The summed E-state index contributed by atoms with van der Waals surface area (Å²) in [5.74, 6) is 1.07. The summed E-state index contributed by atoms with van der Waals surface area (Å²) in [4.78, 5) is 143. The number of rotatable bonds is 20. The monoisotopic (exact) mass is 2230 g/mol. The van der Waals surface area contributed by atoms with E-state index in [1.165, 1.54) is 80.7 Å². The van der Waals surface area contributed by atoms with E-state index in [1.54, 1.807) is 76.9 Å². The number of H-pyrrole nitrogens is 1. The number of ether oxygens (including phenoxy) is 1. The van der Waals surface area contributed by atoms with Crippen LogP contribution in [0.5, 0.6) is 0 Å². The van der Waals surface area contributed by atoms with E-state index in [0.29, 0.717) is 98.3 Å². The standard InChI is InChI=1S/C16H15N5O2.2C12H13BrN2O2.C9H12BrNO3.C9H13NO3.C7H7N3.C5H9NO2.C4H7BrO3.C4H5ClO.C4H3N3.CH3F.CH4.BHNS.BrH.H3N2O.Na/c1-11-4-12(7-19-15(11)18-3)5-14(22)16(2,23)10-21-9-13(6-17)8-20-21;2*1-8-4-9(6-15-11(8)14-3)5-10(16)12(2,17)7-13;1-9(5-10)8(13)11-4-2-3-6(11)7(12)14-9;1-6(2)8(11)10-5-3-4-7(10)9(12)13;1-5-3-6(8)4-10-7(5)9-2;7-5(8)4-2-1-3-6-4;1-4(8,2-5)3(6)7;1-3(2)4(5)6;5-1-4-2-6-7-3-4;1-2;;1-2-3;;1-2-3;/h4,7-9,23H,5,10H2,1-2H3;2*4,6,17H,5,7H2,1-2H3;6H,2-5H2,1H3;7H,1,3-5H2,2H3,(H,12,13);3-4H,8H2,1H3;4,6H,1-3H2,(H,7,8);8H,2H2,1H3,(H,6,7);1H2,2H3;2-3H,(H,6,7);1H3;1H4;3H;1H;3H,1H2;/q;;;;;;;;;;;;;;-1;+1/t16-;2*12-;6-,9+;7-;;2*4-;;;;;;;;/m00011.10......../s1/i;;;;;;;;;;1D;;;;;. The van der Waals surface area contributed by atoms with E-state index in [9.17, 15) is 67.7 Å². The second-order valence-corrected chi connectivity index (χ2v) is 31.9. The van der Waals surface area contributed by atoms with Gasteiger partial charge in [0.15, 0.2) is 28.6 Å². The number of aromatic amines is 1. The number of esters is 1. The van der Waals surface area contributed by atoms with Crippen molar-refractivity contribution in [3.8, 4) is 12.1 Å². The largest absolute Gasteiger partial charge is 1.00 e. The number of carbonyl (C=O) groups is 10. The van der Waals surface area contributed by atoms with Crippen molar-refractivity contribution < 1.29 is 129 Å². The molecule has 0 unspecified atom stereocenters. The first-order chi connectivity index (χ1) is 61.6. The van der Waals surface area contributed by atoms with Gasteiger partial charge in [0, 0.05) is 88.6 Å². The fourth-order valence-corrected chi connectivity index (χ4v) is 11.4. The molecule has 50 heteroatoms. The van der Waals surface area contributed by atoms with Crippen molar-refractivity contribution in [1.82, 2.24) is 55.0 Å². The van der Waals surface area contributed by atoms with Crippen LogP contribution in [0.4, 0.5) is 33.3 Å². The number of aliphatic hydroxyl groups is 4. The number of nitrogens with one attached hydrogen (secondary N) is 2. The van der Waals surface area contributed by atoms with E-state index in [0.717, 1.165) is 55.3 Å². The number of amides is 2. The van der Waals surface area contributed by atoms with E-state index < -0.39 is 64.4 Å². The molecule has 2 amide bonds. The molecule has 40 nitrogen and oxygen atoms in total. The normalized spacial score (nSPS) is 16.2. The molecule has 4 saturated heterocycles. The Bertz CT molecular complexity index is 5050. The Hall–Kier alpha value is -9.75. The first-order valence-electron chi connectivity index (χ1n) is 38.7. The summed E-state index contributed by atoms with van der Waals surface area (Å²) in [6.45, 7) is 53.7. The van der Waals surface area contributed by atoms with Crippen LogP contribution in [0.25, 0.3) is 25.0 Å². The van der Waals surface area contributed by atoms with Gasteiger partial charge in [0.05, 0.1) is 49.6 Å². The van der Waals surface area contributed by atoms with E-state index in [2.05, 4.69) is 167 Å². The van der Waals surface area contributed by atoms with Gasteiger partial charge in [0.25, 0.3) is 29.2 Å². The average Bonchev–Trinajstić information content (AvgIpc) is 1.68. The SMILES string of the molecule is Br.C.C=C(C)C(=O)Cl.C=C(C)C(=O)N1CCC[C@@H]1C(=O)O.C[C@@]1(CBr)OC(=O)[C@H]2CCCN2C1=O.C[C@](O)(CBr)C(=O)O.N#Cc1cn[nH]c1.N[N-]O.O=C(O)[C@H]1CCCN1.[2H]CF.[B]=NS.[C-]#[N+]c1ncc(CC(=O)[C@@](C)(O)CBr)cc1C.[C-]#[N+]c1ncc(CC(=O)[C@@](C)(O)CBr)cc1C.[C-]#[N+]c1ncc(CC(=O)[C@@](C)(O)Cn2cc(C#N)cn2)cc1C.[C-]#[N+]c1ncc(N)cc1C.[Na+]. The van der Waals surface area contributed by atoms with Gasteiger partial charge < -0.3 is 97.4 Å². The summed E-state index contributed by atoms with van der Waals surface area (Å²) < 4.78 is 24.7. The second-order valence-electron chi connectivity index (χ2n) is 29.0. The molecule has 723 valence electrons. The molecule has 1 radical (unpaired) electrons. The number of nitrogen functional groups attached to an aromatic ring is 1. The number of hydrogen-bond acceptors (Lipinski definition) is 29. The molecule has 6 aromatic heterocycles. The number of Topliss-reactive ketones (excluding diaryl/α,β-unsaturated/α-hetero) is 3. The summed E-state index contributed by atoms with van der Waals surface area (Å²) in [6.07, 6.45) is 16.8. The van der Waals surface area contributed by atoms with Gasteiger partial charge >= 0.3 is 78.2 Å². The van der Waals surface area contributed by atoms with E-state index >= 15 is 0 Å². The van der Waals surface area contributed by atoms with Gasteiger partial charge in [-0.1, -0.05) is 129 Å². The predicted octanol–water partition coefficient (Wildman–Crippen LogP) is 9.08. The average molecular weight is 2240 g/mol. The van der Waals surface area contributed by atoms with Crippen LogP contribution >= 0.6 is 105 Å². The van der Waals surface area contributed by atoms with Gasteiger partial charge in [0.1, 0.15) is 71.9 Å². The Morgan fingerprint density at radius 1 is 0.716 bits per heavy atom. The van der Waals surface area contributed by atoms with Crippen LogP contribution in [-0.2, 0) is 78.5 Å². The van der Waals surface area contributed by atoms with Gasteiger partial charge in [0.2, 0.25) is 11.1 Å². The van der Waals surface area contributed by atoms with Crippen molar-refractivity contribution in [1.29, 1.82) is 10.5 Å². The molecule has 8 atom stereocenters. The quantitative estimate of drug-likeness (QED) is 0.00390. The maximum Gasteiger partial charge on any atom is 1.00 e. The number of aliphatic carboxylic acids is 3. The number of carboxylic acids is 3. The minimum absolute atomic E-state index is 0. The minimum atomic E-state index is -1.62. The van der Waals surface area contributed by atoms with Crippen LogP contribution < -0.4 is 46.5 Å². The molecular weight excluding hydrogens is 2130 g/mol. The number of morpholine rings is 1. The number of ketones is 3. The number of alkyl halides is 5. The number of aromatic nitrogens is 8. The molecule has 134 heavy (non-hydrogen) atoms. The number of carboxylic acid groups (broad SMARTS) is 3. The maximum absolute atomic E-state index is 12.3. The number of likely N-dealkylation sites (tertiary alicyclic amines) is 1. The fraction of sp³-hybridized carbons (Fsp3) is 0.452. The zero-order chi connectivity index (χ0) is 102. The molecule has 0 saturated carbocycles. The van der Waals surface area contributed by atoms with Crippen molar-refractivity contribution in [2.24, 2.45) is 10.1 Å². The molecule has 6 aromatic rings. The number of aryl methyl sites for hydroxylation is 4. The summed E-state index contributed by atoms with van der Waals surface area (Å²) in [7, 11) is 3.34. The number of fused-ring (bicyclic) bond motifs is 1. The first-order valence-corrected chi connectivity index (χ1v) is 43.3. The van der Waals surface area contributed by atoms with Crippen LogP contribution in [0.15, 0.2) is 102 Å². The number of cyclic esters (lactones) is 1. The van der Waals surface area contributed by atoms with Crippen molar-refractivity contribution in [3.05, 3.63) is 199 Å². The number of anilines is 1. The fourth-order valence-electron chi connectivity index (χ4n) is 10.2. The Kier molecular flexibility index (Phi) is 69.3. The molecule has 4 fully saturated rings. The Morgan fingerprint density at radius 2 is 1.11 bits per heavy atom. The number of halogens is 7. The third-order valence-electron chi connectivity index (χ3n) is 17.5. The number of allylic oxidation sites excluding steroid dienone is 1. The van der Waals surface area contributed by atoms with Crippen LogP contribution in [-0.4, -0.2) is 251 Å². The van der Waals surface area contributed by atoms with Crippen molar-refractivity contribution >= 4 is 200 Å². The maximum atomic E-state index is 12.3. The van der Waals surface area contributed by atoms with Gasteiger partial charge in [-0.15, -0.1) is 36.9 Å². The number of nitriles is 2. The molecule has 0 aliphatic carbocycles. The molecule has 4 aliphatic heterocycles. The Labute approximate surface area is 857 Å². The molecule has 0 bridgehead atoms. The van der Waals surface area contributed by atoms with E-state index in [4.69, 9.17) is 85.9 Å². The molecule has 4 aliphatic rings. The summed E-state index contributed by atoms with van der Waals surface area (Å²) in [5, 5.41) is 101. The second kappa shape index (κ2) is 70.0. The summed E-state index contributed by atoms with van der Waals surface area (Å²) >= 11 is 20.3. The molecule has 14 N–H and O–H groups in total. The first kappa shape index (κ1) is 133. The van der Waals surface area contributed by atoms with Crippen LogP contribution in [0.2, 0.25) is 0 Å². The third-order valence-corrected chi connectivity index (χ3v) is 22.2. The molecule has 10 heterocycles. The zero-order valence-electron chi connectivity index (χ0n) is 75.8. The van der Waals surface area contributed by atoms with E-state index in [1.807, 2.05) is 24.7 Å².